The van der Waals surface area contributed by atoms with E-state index in [1.54, 1.807) is 0 Å². The van der Waals surface area contributed by atoms with Crippen LogP contribution in [0.4, 0.5) is 0 Å². The first-order valence-electron chi connectivity index (χ1n) is 11.4. The van der Waals surface area contributed by atoms with Crippen LogP contribution in [-0.2, 0) is 27.3 Å². The maximum atomic E-state index is 13.0. The molecule has 6 nitrogen and oxygen atoms in total. The molecule has 1 spiro atoms. The number of rotatable bonds is 5. The van der Waals surface area contributed by atoms with Gasteiger partial charge in [-0.05, 0) is 55.7 Å². The summed E-state index contributed by atoms with van der Waals surface area (Å²) in [5, 5.41) is 9.05. The van der Waals surface area contributed by atoms with Crippen molar-refractivity contribution in [1.29, 1.82) is 0 Å². The number of carbonyl (C=O) groups is 2. The fraction of sp³-hybridized carbons (Fsp3) is 0.667. The van der Waals surface area contributed by atoms with Crippen molar-refractivity contribution < 1.29 is 19.4 Å². The van der Waals surface area contributed by atoms with E-state index >= 15 is 0 Å². The molecule has 0 aromatic heterocycles. The summed E-state index contributed by atoms with van der Waals surface area (Å²) < 4.78 is 5.57. The number of nitrogens with zero attached hydrogens (tertiary/aromatic N) is 2. The van der Waals surface area contributed by atoms with Gasteiger partial charge in [-0.1, -0.05) is 30.7 Å². The molecule has 1 atom stereocenters. The standard InChI is InChI=1S/C24H34N2O4/c27-22(7-8-23(28)29)25-17-21-6-2-1-5-20(21)15-24(18-25)11-3-4-12-26(24)16-19-9-13-30-14-10-19/h1-2,5-6,19H,3-4,7-18H2,(H,28,29). The fourth-order valence-electron chi connectivity index (χ4n) is 5.52. The topological polar surface area (TPSA) is 70.1 Å². The summed E-state index contributed by atoms with van der Waals surface area (Å²) in [5.41, 5.74) is 2.49. The molecule has 0 bridgehead atoms. The SMILES string of the molecule is O=C(O)CCC(=O)N1Cc2ccccc2CC2(CCCCN2CC2CCOCC2)C1. The molecule has 1 aromatic carbocycles. The van der Waals surface area contributed by atoms with Crippen LogP contribution in [0.3, 0.4) is 0 Å². The Labute approximate surface area is 179 Å². The van der Waals surface area contributed by atoms with Crippen LogP contribution in [0.2, 0.25) is 0 Å². The van der Waals surface area contributed by atoms with Gasteiger partial charge in [0.1, 0.15) is 0 Å². The smallest absolute Gasteiger partial charge is 0.303 e. The van der Waals surface area contributed by atoms with Gasteiger partial charge in [0.2, 0.25) is 5.91 Å². The Morgan fingerprint density at radius 2 is 1.87 bits per heavy atom. The normalized spacial score (nSPS) is 25.7. The number of hydrogen-bond acceptors (Lipinski definition) is 4. The van der Waals surface area contributed by atoms with Gasteiger partial charge in [-0.3, -0.25) is 14.5 Å². The number of benzene rings is 1. The van der Waals surface area contributed by atoms with E-state index in [-0.39, 0.29) is 24.3 Å². The van der Waals surface area contributed by atoms with E-state index < -0.39 is 5.97 Å². The fourth-order valence-corrected chi connectivity index (χ4v) is 5.52. The van der Waals surface area contributed by atoms with E-state index in [0.717, 1.165) is 52.0 Å². The zero-order chi connectivity index (χ0) is 21.0. The largest absolute Gasteiger partial charge is 0.481 e. The van der Waals surface area contributed by atoms with E-state index in [1.807, 2.05) is 11.0 Å². The maximum Gasteiger partial charge on any atom is 0.303 e. The minimum Gasteiger partial charge on any atom is -0.481 e. The highest BCUT2D eigenvalue weighted by Gasteiger charge is 2.43. The zero-order valence-electron chi connectivity index (χ0n) is 17.9. The lowest BCUT2D eigenvalue weighted by Gasteiger charge is -2.50. The van der Waals surface area contributed by atoms with Gasteiger partial charge >= 0.3 is 5.97 Å². The van der Waals surface area contributed by atoms with E-state index in [0.29, 0.717) is 19.0 Å². The first-order valence-corrected chi connectivity index (χ1v) is 11.4. The quantitative estimate of drug-likeness (QED) is 0.802. The highest BCUT2D eigenvalue weighted by molar-refractivity contribution is 5.81. The highest BCUT2D eigenvalue weighted by atomic mass is 16.5. The van der Waals surface area contributed by atoms with Crippen molar-refractivity contribution in [3.05, 3.63) is 35.4 Å². The lowest BCUT2D eigenvalue weighted by Crippen LogP contribution is -2.60. The number of ether oxygens (including phenoxy) is 1. The molecule has 30 heavy (non-hydrogen) atoms. The van der Waals surface area contributed by atoms with Crippen molar-refractivity contribution >= 4 is 11.9 Å². The Bertz CT molecular complexity index is 761. The van der Waals surface area contributed by atoms with Gasteiger partial charge in [-0.15, -0.1) is 0 Å². The highest BCUT2D eigenvalue weighted by Crippen LogP contribution is 2.37. The van der Waals surface area contributed by atoms with Crippen LogP contribution in [-0.4, -0.2) is 65.2 Å². The third-order valence-electron chi connectivity index (χ3n) is 7.20. The number of carboxylic acid groups (broad SMARTS) is 1. The molecule has 2 fully saturated rings. The average Bonchev–Trinajstić information content (AvgIpc) is 2.91. The first kappa shape index (κ1) is 21.3. The first-order chi connectivity index (χ1) is 14.6. The molecule has 0 aliphatic carbocycles. The number of piperidine rings is 1. The van der Waals surface area contributed by atoms with Crippen LogP contribution in [0.15, 0.2) is 24.3 Å². The number of fused-ring (bicyclic) bond motifs is 1. The molecule has 3 aliphatic rings. The predicted molar refractivity (Wildman–Crippen MR) is 114 cm³/mol. The second-order valence-electron chi connectivity index (χ2n) is 9.27. The molecule has 0 radical (unpaired) electrons. The Morgan fingerprint density at radius 3 is 2.63 bits per heavy atom. The Balaban J connectivity index is 1.61. The summed E-state index contributed by atoms with van der Waals surface area (Å²) in [7, 11) is 0. The van der Waals surface area contributed by atoms with Gasteiger partial charge in [0, 0.05) is 44.8 Å². The van der Waals surface area contributed by atoms with Crippen LogP contribution in [0.5, 0.6) is 0 Å². The van der Waals surface area contributed by atoms with E-state index in [9.17, 15) is 9.59 Å². The number of aliphatic carboxylic acids is 1. The summed E-state index contributed by atoms with van der Waals surface area (Å²) in [6.07, 6.45) is 6.66. The van der Waals surface area contributed by atoms with Crippen LogP contribution < -0.4 is 0 Å². The second kappa shape index (κ2) is 9.48. The van der Waals surface area contributed by atoms with Gasteiger partial charge in [0.05, 0.1) is 6.42 Å². The Kier molecular flexibility index (Phi) is 6.74. The van der Waals surface area contributed by atoms with Crippen molar-refractivity contribution in [3.63, 3.8) is 0 Å². The molecule has 1 aromatic rings. The van der Waals surface area contributed by atoms with Gasteiger partial charge in [-0.2, -0.15) is 0 Å². The van der Waals surface area contributed by atoms with Crippen LogP contribution >= 0.6 is 0 Å². The lowest BCUT2D eigenvalue weighted by atomic mass is 9.79. The zero-order valence-corrected chi connectivity index (χ0v) is 17.9. The molecule has 1 amide bonds. The van der Waals surface area contributed by atoms with Gasteiger partial charge in [0.15, 0.2) is 0 Å². The van der Waals surface area contributed by atoms with E-state index in [4.69, 9.17) is 9.84 Å². The molecule has 6 heteroatoms. The number of carbonyl (C=O) groups excluding carboxylic acids is 1. The predicted octanol–water partition coefficient (Wildman–Crippen LogP) is 3.09. The van der Waals surface area contributed by atoms with Crippen molar-refractivity contribution in [2.75, 3.05) is 32.8 Å². The van der Waals surface area contributed by atoms with E-state index in [1.165, 1.54) is 24.0 Å². The Hall–Kier alpha value is -1.92. The molecule has 1 N–H and O–H groups in total. The van der Waals surface area contributed by atoms with Crippen molar-refractivity contribution in [1.82, 2.24) is 9.80 Å². The summed E-state index contributed by atoms with van der Waals surface area (Å²) >= 11 is 0. The molecule has 4 rings (SSSR count). The maximum absolute atomic E-state index is 13.0. The molecular formula is C24H34N2O4. The summed E-state index contributed by atoms with van der Waals surface area (Å²) in [5.74, 6) is -0.291. The number of hydrogen-bond donors (Lipinski definition) is 1. The third kappa shape index (κ3) is 4.86. The molecule has 3 aliphatic heterocycles. The monoisotopic (exact) mass is 414 g/mol. The minimum atomic E-state index is -0.910. The minimum absolute atomic E-state index is 0.0370. The van der Waals surface area contributed by atoms with Crippen LogP contribution in [0, 0.1) is 5.92 Å². The summed E-state index contributed by atoms with van der Waals surface area (Å²) in [6, 6.07) is 8.47. The summed E-state index contributed by atoms with van der Waals surface area (Å²) in [6.45, 7) is 5.15. The molecular weight excluding hydrogens is 380 g/mol. The average molecular weight is 415 g/mol. The van der Waals surface area contributed by atoms with E-state index in [2.05, 4.69) is 23.1 Å². The number of likely N-dealkylation sites (tertiary alicyclic amines) is 1. The van der Waals surface area contributed by atoms with Crippen molar-refractivity contribution in [2.45, 2.75) is 63.5 Å². The lowest BCUT2D eigenvalue weighted by molar-refractivity contribution is -0.142. The third-order valence-corrected chi connectivity index (χ3v) is 7.20. The summed E-state index contributed by atoms with van der Waals surface area (Å²) in [4.78, 5) is 28.7. The molecule has 1 unspecified atom stereocenters. The van der Waals surface area contributed by atoms with Gasteiger partial charge in [0.25, 0.3) is 0 Å². The Morgan fingerprint density at radius 1 is 1.10 bits per heavy atom. The van der Waals surface area contributed by atoms with Crippen LogP contribution in [0.25, 0.3) is 0 Å². The van der Waals surface area contributed by atoms with Gasteiger partial charge in [-0.25, -0.2) is 0 Å². The molecule has 3 heterocycles. The molecule has 0 saturated carbocycles. The molecule has 2 saturated heterocycles. The second-order valence-corrected chi connectivity index (χ2v) is 9.27. The number of carboxylic acids is 1. The molecule has 164 valence electrons. The van der Waals surface area contributed by atoms with Gasteiger partial charge < -0.3 is 14.7 Å². The van der Waals surface area contributed by atoms with Crippen molar-refractivity contribution in [3.8, 4) is 0 Å². The number of amides is 1. The van der Waals surface area contributed by atoms with Crippen molar-refractivity contribution in [2.24, 2.45) is 5.92 Å². The van der Waals surface area contributed by atoms with Crippen LogP contribution in [0.1, 0.15) is 56.1 Å².